The standard InChI is InChI=1S/C20H16BrN5O2S/c1-2-9-26-19(15-10-14(21)7-8-17(15)27)24-25-20(26)29-12-18(28)23-16-6-4-3-5-13(16)11-22/h2-8,10,27H,1,9,12H2,(H,23,28). The number of amides is 1. The summed E-state index contributed by atoms with van der Waals surface area (Å²) in [6, 6.07) is 13.9. The summed E-state index contributed by atoms with van der Waals surface area (Å²) in [6.07, 6.45) is 1.69. The molecule has 0 fully saturated rings. The second kappa shape index (κ2) is 9.41. The summed E-state index contributed by atoms with van der Waals surface area (Å²) in [4.78, 5) is 12.3. The number of para-hydroxylation sites is 1. The van der Waals surface area contributed by atoms with E-state index in [1.807, 2.05) is 6.07 Å². The SMILES string of the molecule is C=CCn1c(SCC(=O)Nc2ccccc2C#N)nnc1-c1cc(Br)ccc1O. The minimum Gasteiger partial charge on any atom is -0.507 e. The van der Waals surface area contributed by atoms with Gasteiger partial charge in [0.25, 0.3) is 0 Å². The first-order valence-electron chi connectivity index (χ1n) is 8.48. The summed E-state index contributed by atoms with van der Waals surface area (Å²) < 4.78 is 2.57. The van der Waals surface area contributed by atoms with E-state index in [2.05, 4.69) is 38.0 Å². The van der Waals surface area contributed by atoms with E-state index in [9.17, 15) is 9.90 Å². The first kappa shape index (κ1) is 20.6. The number of anilines is 1. The molecule has 2 N–H and O–H groups in total. The zero-order valence-corrected chi connectivity index (χ0v) is 17.6. The number of hydrogen-bond acceptors (Lipinski definition) is 6. The Hall–Kier alpha value is -3.09. The Morgan fingerprint density at radius 1 is 1.34 bits per heavy atom. The van der Waals surface area contributed by atoms with Crippen LogP contribution in [0.3, 0.4) is 0 Å². The Balaban J connectivity index is 1.78. The predicted octanol–water partition coefficient (Wildman–Crippen LogP) is 4.20. The van der Waals surface area contributed by atoms with Gasteiger partial charge >= 0.3 is 0 Å². The summed E-state index contributed by atoms with van der Waals surface area (Å²) in [5, 5.41) is 30.9. The number of phenolic OH excluding ortho intramolecular Hbond substituents is 1. The summed E-state index contributed by atoms with van der Waals surface area (Å²) in [5.74, 6) is 0.368. The summed E-state index contributed by atoms with van der Waals surface area (Å²) in [7, 11) is 0. The topological polar surface area (TPSA) is 104 Å². The highest BCUT2D eigenvalue weighted by molar-refractivity contribution is 9.10. The zero-order chi connectivity index (χ0) is 20.8. The first-order chi connectivity index (χ1) is 14.0. The number of halogens is 1. The van der Waals surface area contributed by atoms with Crippen molar-refractivity contribution in [2.75, 3.05) is 11.1 Å². The van der Waals surface area contributed by atoms with Crippen LogP contribution in [0.25, 0.3) is 11.4 Å². The fraction of sp³-hybridized carbons (Fsp3) is 0.100. The maximum atomic E-state index is 12.3. The highest BCUT2D eigenvalue weighted by Crippen LogP contribution is 2.32. The van der Waals surface area contributed by atoms with Gasteiger partial charge in [-0.2, -0.15) is 5.26 Å². The van der Waals surface area contributed by atoms with Crippen LogP contribution >= 0.6 is 27.7 Å². The lowest BCUT2D eigenvalue weighted by Gasteiger charge is -2.10. The maximum Gasteiger partial charge on any atom is 0.234 e. The van der Waals surface area contributed by atoms with Gasteiger partial charge in [0.1, 0.15) is 11.8 Å². The van der Waals surface area contributed by atoms with Gasteiger partial charge in [-0.05, 0) is 30.3 Å². The van der Waals surface area contributed by atoms with Gasteiger partial charge in [0, 0.05) is 11.0 Å². The summed E-state index contributed by atoms with van der Waals surface area (Å²) in [6.45, 7) is 4.17. The van der Waals surface area contributed by atoms with Gasteiger partial charge in [-0.15, -0.1) is 16.8 Å². The number of thioether (sulfide) groups is 1. The average molecular weight is 470 g/mol. The Kier molecular flexibility index (Phi) is 6.69. The number of aromatic nitrogens is 3. The van der Waals surface area contributed by atoms with E-state index in [0.717, 1.165) is 4.47 Å². The van der Waals surface area contributed by atoms with Crippen LogP contribution in [0.1, 0.15) is 5.56 Å². The first-order valence-corrected chi connectivity index (χ1v) is 10.3. The highest BCUT2D eigenvalue weighted by Gasteiger charge is 2.18. The van der Waals surface area contributed by atoms with E-state index >= 15 is 0 Å². The number of nitriles is 1. The smallest absolute Gasteiger partial charge is 0.234 e. The molecule has 0 atom stereocenters. The lowest BCUT2D eigenvalue weighted by Crippen LogP contribution is -2.15. The van der Waals surface area contributed by atoms with Crippen molar-refractivity contribution in [2.45, 2.75) is 11.7 Å². The van der Waals surface area contributed by atoms with E-state index in [1.165, 1.54) is 11.8 Å². The van der Waals surface area contributed by atoms with Gasteiger partial charge in [-0.1, -0.05) is 45.9 Å². The molecule has 0 aliphatic heterocycles. The molecule has 1 heterocycles. The second-order valence-corrected chi connectivity index (χ2v) is 7.72. The predicted molar refractivity (Wildman–Crippen MR) is 116 cm³/mol. The number of hydrogen-bond donors (Lipinski definition) is 2. The fourth-order valence-electron chi connectivity index (χ4n) is 2.58. The molecule has 29 heavy (non-hydrogen) atoms. The largest absolute Gasteiger partial charge is 0.507 e. The molecule has 0 unspecified atom stereocenters. The second-order valence-electron chi connectivity index (χ2n) is 5.86. The van der Waals surface area contributed by atoms with E-state index in [-0.39, 0.29) is 17.4 Å². The van der Waals surface area contributed by atoms with Crippen molar-refractivity contribution in [1.82, 2.24) is 14.8 Å². The van der Waals surface area contributed by atoms with Crippen molar-refractivity contribution in [3.05, 3.63) is 65.2 Å². The molecule has 0 spiro atoms. The fourth-order valence-corrected chi connectivity index (χ4v) is 3.69. The Morgan fingerprint density at radius 2 is 2.14 bits per heavy atom. The van der Waals surface area contributed by atoms with E-state index in [0.29, 0.717) is 34.3 Å². The molecule has 0 radical (unpaired) electrons. The number of phenols is 1. The number of rotatable bonds is 7. The van der Waals surface area contributed by atoms with E-state index in [1.54, 1.807) is 53.1 Å². The molecule has 7 nitrogen and oxygen atoms in total. The molecule has 0 saturated carbocycles. The molecule has 0 aliphatic rings. The number of carbonyl (C=O) groups excluding carboxylic acids is 1. The van der Waals surface area contributed by atoms with Crippen LogP contribution in [-0.4, -0.2) is 31.5 Å². The molecule has 2 aromatic carbocycles. The van der Waals surface area contributed by atoms with Crippen LogP contribution in [0, 0.1) is 11.3 Å². The van der Waals surface area contributed by atoms with Crippen LogP contribution in [0.2, 0.25) is 0 Å². The lowest BCUT2D eigenvalue weighted by molar-refractivity contribution is -0.113. The van der Waals surface area contributed by atoms with Gasteiger partial charge < -0.3 is 10.4 Å². The molecule has 3 aromatic rings. The average Bonchev–Trinajstić information content (AvgIpc) is 3.11. The number of allylic oxidation sites excluding steroid dienone is 1. The van der Waals surface area contributed by atoms with E-state index < -0.39 is 0 Å². The molecule has 3 rings (SSSR count). The Labute approximate surface area is 180 Å². The summed E-state index contributed by atoms with van der Waals surface area (Å²) >= 11 is 4.59. The van der Waals surface area contributed by atoms with Crippen molar-refractivity contribution in [1.29, 1.82) is 5.26 Å². The maximum absolute atomic E-state index is 12.3. The molecule has 0 bridgehead atoms. The van der Waals surface area contributed by atoms with Gasteiger partial charge in [0.2, 0.25) is 5.91 Å². The minimum absolute atomic E-state index is 0.0771. The molecule has 9 heteroatoms. The Morgan fingerprint density at radius 3 is 2.90 bits per heavy atom. The van der Waals surface area contributed by atoms with Gasteiger partial charge in [-0.3, -0.25) is 9.36 Å². The number of nitrogens with zero attached hydrogens (tertiary/aromatic N) is 4. The van der Waals surface area contributed by atoms with Gasteiger partial charge in [0.05, 0.1) is 22.6 Å². The number of benzene rings is 2. The van der Waals surface area contributed by atoms with Crippen LogP contribution in [0.4, 0.5) is 5.69 Å². The van der Waals surface area contributed by atoms with E-state index in [4.69, 9.17) is 5.26 Å². The third-order valence-electron chi connectivity index (χ3n) is 3.88. The number of aromatic hydroxyl groups is 1. The van der Waals surface area contributed by atoms with Gasteiger partial charge in [-0.25, -0.2) is 0 Å². The minimum atomic E-state index is -0.266. The van der Waals surface area contributed by atoms with Crippen molar-refractivity contribution in [3.8, 4) is 23.2 Å². The van der Waals surface area contributed by atoms with Crippen LogP contribution in [-0.2, 0) is 11.3 Å². The molecule has 1 amide bonds. The molecular formula is C20H16BrN5O2S. The lowest BCUT2D eigenvalue weighted by atomic mass is 10.2. The third-order valence-corrected chi connectivity index (χ3v) is 5.34. The quantitative estimate of drug-likeness (QED) is 0.396. The van der Waals surface area contributed by atoms with Crippen LogP contribution in [0.5, 0.6) is 5.75 Å². The van der Waals surface area contributed by atoms with Gasteiger partial charge in [0.15, 0.2) is 11.0 Å². The highest BCUT2D eigenvalue weighted by atomic mass is 79.9. The normalized spacial score (nSPS) is 10.3. The van der Waals surface area contributed by atoms with Crippen molar-refractivity contribution in [3.63, 3.8) is 0 Å². The van der Waals surface area contributed by atoms with Crippen molar-refractivity contribution < 1.29 is 9.90 Å². The van der Waals surface area contributed by atoms with Crippen molar-refractivity contribution in [2.24, 2.45) is 0 Å². The third kappa shape index (κ3) is 4.85. The molecular weight excluding hydrogens is 454 g/mol. The van der Waals surface area contributed by atoms with Crippen LogP contribution in [0.15, 0.2) is 64.7 Å². The summed E-state index contributed by atoms with van der Waals surface area (Å²) in [5.41, 5.74) is 1.38. The molecule has 146 valence electrons. The Bertz CT molecular complexity index is 1110. The van der Waals surface area contributed by atoms with Crippen LogP contribution < -0.4 is 5.32 Å². The van der Waals surface area contributed by atoms with Crippen molar-refractivity contribution >= 4 is 39.3 Å². The number of carbonyl (C=O) groups is 1. The molecule has 0 aliphatic carbocycles. The number of nitrogens with one attached hydrogen (secondary N) is 1. The molecule has 0 saturated heterocycles. The zero-order valence-electron chi connectivity index (χ0n) is 15.2. The molecule has 1 aromatic heterocycles. The monoisotopic (exact) mass is 469 g/mol.